The lowest BCUT2D eigenvalue weighted by atomic mass is 9.81. The topological polar surface area (TPSA) is 56.8 Å². The Morgan fingerprint density at radius 3 is 2.30 bits per heavy atom. The van der Waals surface area contributed by atoms with Gasteiger partial charge in [-0.2, -0.15) is 4.37 Å². The number of nitrogens with zero attached hydrogens (tertiary/aromatic N) is 4. The van der Waals surface area contributed by atoms with Crippen LogP contribution in [0.2, 0.25) is 0 Å². The molecule has 2 aliphatic heterocycles. The maximum Gasteiger partial charge on any atom is 0.233 e. The molecule has 7 heteroatoms. The van der Waals surface area contributed by atoms with Gasteiger partial charge in [-0.1, -0.05) is 25.0 Å². The normalized spacial score (nSPS) is 25.3. The lowest BCUT2D eigenvalue weighted by molar-refractivity contribution is -0.140. The quantitative estimate of drug-likeness (QED) is 0.524. The largest absolute Gasteiger partial charge is 0.353 e. The molecule has 2 aromatic rings. The summed E-state index contributed by atoms with van der Waals surface area (Å²) in [6, 6.07) is 8.45. The molecule has 30 heavy (non-hydrogen) atoms. The molecule has 2 amide bonds. The SMILES string of the molecule is O=C1[C@H]2CCCC[C@@H]2C(=O)N1CCCCN1CCN(c2nsc3ccccc23)CC1. The number of hydrogen-bond acceptors (Lipinski definition) is 6. The summed E-state index contributed by atoms with van der Waals surface area (Å²) in [6.07, 6.45) is 5.95. The molecule has 1 aromatic carbocycles. The van der Waals surface area contributed by atoms with Crippen molar-refractivity contribution in [3.05, 3.63) is 24.3 Å². The predicted octanol–water partition coefficient (Wildman–Crippen LogP) is 3.37. The number of fused-ring (bicyclic) bond motifs is 2. The number of likely N-dealkylation sites (tertiary alicyclic amines) is 1. The molecule has 6 nitrogen and oxygen atoms in total. The van der Waals surface area contributed by atoms with Gasteiger partial charge < -0.3 is 4.90 Å². The van der Waals surface area contributed by atoms with E-state index in [0.29, 0.717) is 6.54 Å². The van der Waals surface area contributed by atoms with Crippen molar-refractivity contribution in [1.82, 2.24) is 14.2 Å². The molecule has 2 saturated heterocycles. The molecule has 0 unspecified atom stereocenters. The number of unbranched alkanes of at least 4 members (excludes halogenated alkanes) is 1. The third-order valence-electron chi connectivity index (χ3n) is 7.07. The van der Waals surface area contributed by atoms with Crippen LogP contribution in [0.25, 0.3) is 10.1 Å². The van der Waals surface area contributed by atoms with E-state index >= 15 is 0 Å². The minimum Gasteiger partial charge on any atom is -0.353 e. The maximum absolute atomic E-state index is 12.6. The van der Waals surface area contributed by atoms with Gasteiger partial charge in [-0.15, -0.1) is 0 Å². The molecule has 3 aliphatic rings. The summed E-state index contributed by atoms with van der Waals surface area (Å²) in [4.78, 5) is 31.6. The summed E-state index contributed by atoms with van der Waals surface area (Å²) in [5.74, 6) is 1.31. The molecule has 1 aromatic heterocycles. The van der Waals surface area contributed by atoms with Gasteiger partial charge in [-0.25, -0.2) is 0 Å². The number of anilines is 1. The Morgan fingerprint density at radius 2 is 1.57 bits per heavy atom. The first-order valence-corrected chi connectivity index (χ1v) is 12.2. The Bertz CT molecular complexity index is 897. The van der Waals surface area contributed by atoms with E-state index in [4.69, 9.17) is 0 Å². The average Bonchev–Trinajstić information content (AvgIpc) is 3.32. The van der Waals surface area contributed by atoms with Crippen LogP contribution in [0.1, 0.15) is 38.5 Å². The van der Waals surface area contributed by atoms with Gasteiger partial charge in [0, 0.05) is 38.1 Å². The standard InChI is InChI=1S/C23H30N4O2S/c28-22-17-7-1-2-8-18(17)23(29)27(22)12-6-5-11-25-13-15-26(16-14-25)21-19-9-3-4-10-20(19)30-24-21/h3-4,9-10,17-18H,1-2,5-8,11-16H2/t17-,18-/m0/s1. The third kappa shape index (κ3) is 3.73. The van der Waals surface area contributed by atoms with Crippen LogP contribution in [0.4, 0.5) is 5.82 Å². The van der Waals surface area contributed by atoms with Gasteiger partial charge in [-0.05, 0) is 55.9 Å². The first-order valence-electron chi connectivity index (χ1n) is 11.4. The van der Waals surface area contributed by atoms with Crippen LogP contribution in [0.5, 0.6) is 0 Å². The first kappa shape index (κ1) is 19.9. The maximum atomic E-state index is 12.6. The van der Waals surface area contributed by atoms with E-state index in [1.165, 1.54) is 10.1 Å². The van der Waals surface area contributed by atoms with Crippen LogP contribution in [-0.2, 0) is 9.59 Å². The molecule has 1 aliphatic carbocycles. The Kier molecular flexibility index (Phi) is 5.74. The minimum absolute atomic E-state index is 0.0128. The molecule has 3 fully saturated rings. The van der Waals surface area contributed by atoms with Gasteiger partial charge in [0.25, 0.3) is 0 Å². The summed E-state index contributed by atoms with van der Waals surface area (Å²) in [5, 5.41) is 1.26. The van der Waals surface area contributed by atoms with Crippen molar-refractivity contribution in [2.24, 2.45) is 11.8 Å². The highest BCUT2D eigenvalue weighted by Crippen LogP contribution is 2.38. The molecule has 2 atom stereocenters. The Labute approximate surface area is 182 Å². The van der Waals surface area contributed by atoms with E-state index in [2.05, 4.69) is 38.4 Å². The average molecular weight is 427 g/mol. The molecule has 1 saturated carbocycles. The fourth-order valence-corrected chi connectivity index (χ4v) is 6.14. The molecular weight excluding hydrogens is 396 g/mol. The summed E-state index contributed by atoms with van der Waals surface area (Å²) < 4.78 is 5.94. The van der Waals surface area contributed by atoms with Crippen LogP contribution in [0.15, 0.2) is 24.3 Å². The van der Waals surface area contributed by atoms with Crippen LogP contribution in [-0.4, -0.2) is 65.3 Å². The van der Waals surface area contributed by atoms with Crippen LogP contribution in [0, 0.1) is 11.8 Å². The van der Waals surface area contributed by atoms with Crippen molar-refractivity contribution in [2.45, 2.75) is 38.5 Å². The van der Waals surface area contributed by atoms with Crippen molar-refractivity contribution in [3.8, 4) is 0 Å². The van der Waals surface area contributed by atoms with E-state index in [1.807, 2.05) is 0 Å². The summed E-state index contributed by atoms with van der Waals surface area (Å²) >= 11 is 1.58. The Morgan fingerprint density at radius 1 is 0.900 bits per heavy atom. The van der Waals surface area contributed by atoms with Gasteiger partial charge in [-0.3, -0.25) is 19.4 Å². The zero-order chi connectivity index (χ0) is 20.5. The molecule has 0 N–H and O–H groups in total. The van der Waals surface area contributed by atoms with Crippen molar-refractivity contribution >= 4 is 39.3 Å². The second-order valence-electron chi connectivity index (χ2n) is 8.86. The lowest BCUT2D eigenvalue weighted by Crippen LogP contribution is -2.46. The highest BCUT2D eigenvalue weighted by Gasteiger charge is 2.47. The molecule has 0 radical (unpaired) electrons. The second kappa shape index (κ2) is 8.63. The van der Waals surface area contributed by atoms with Crippen molar-refractivity contribution in [2.75, 3.05) is 44.2 Å². The summed E-state index contributed by atoms with van der Waals surface area (Å²) in [5.41, 5.74) is 0. The number of hydrogen-bond donors (Lipinski definition) is 0. The minimum atomic E-state index is -0.0128. The zero-order valence-corrected chi connectivity index (χ0v) is 18.3. The number of aromatic nitrogens is 1. The van der Waals surface area contributed by atoms with Crippen LogP contribution in [0.3, 0.4) is 0 Å². The number of carbonyl (C=O) groups is 2. The number of piperazine rings is 1. The van der Waals surface area contributed by atoms with Crippen molar-refractivity contribution in [3.63, 3.8) is 0 Å². The molecular formula is C23H30N4O2S. The first-order chi connectivity index (χ1) is 14.7. The summed E-state index contributed by atoms with van der Waals surface area (Å²) in [6.45, 7) is 5.72. The number of imide groups is 1. The van der Waals surface area contributed by atoms with Gasteiger partial charge in [0.15, 0.2) is 0 Å². The van der Waals surface area contributed by atoms with Gasteiger partial charge in [0.05, 0.1) is 16.5 Å². The third-order valence-corrected chi connectivity index (χ3v) is 7.89. The molecule has 0 spiro atoms. The Hall–Kier alpha value is -1.99. The van der Waals surface area contributed by atoms with E-state index in [-0.39, 0.29) is 23.7 Å². The highest BCUT2D eigenvalue weighted by atomic mass is 32.1. The predicted molar refractivity (Wildman–Crippen MR) is 120 cm³/mol. The van der Waals surface area contributed by atoms with Gasteiger partial charge >= 0.3 is 0 Å². The van der Waals surface area contributed by atoms with E-state index in [0.717, 1.165) is 77.1 Å². The zero-order valence-electron chi connectivity index (χ0n) is 17.5. The second-order valence-corrected chi connectivity index (χ2v) is 9.67. The van der Waals surface area contributed by atoms with Crippen LogP contribution < -0.4 is 4.90 Å². The van der Waals surface area contributed by atoms with Crippen molar-refractivity contribution in [1.29, 1.82) is 0 Å². The van der Waals surface area contributed by atoms with E-state index < -0.39 is 0 Å². The van der Waals surface area contributed by atoms with Crippen molar-refractivity contribution < 1.29 is 9.59 Å². The fourth-order valence-electron chi connectivity index (χ4n) is 5.34. The number of carbonyl (C=O) groups excluding carboxylic acids is 2. The fraction of sp³-hybridized carbons (Fsp3) is 0.609. The summed E-state index contributed by atoms with van der Waals surface area (Å²) in [7, 11) is 0. The van der Waals surface area contributed by atoms with Gasteiger partial charge in [0.2, 0.25) is 11.8 Å². The monoisotopic (exact) mass is 426 g/mol. The smallest absolute Gasteiger partial charge is 0.233 e. The molecule has 160 valence electrons. The highest BCUT2D eigenvalue weighted by molar-refractivity contribution is 7.13. The molecule has 5 rings (SSSR count). The molecule has 0 bridgehead atoms. The number of rotatable bonds is 6. The number of benzene rings is 1. The van der Waals surface area contributed by atoms with E-state index in [9.17, 15) is 9.59 Å². The van der Waals surface area contributed by atoms with Gasteiger partial charge in [0.1, 0.15) is 5.82 Å². The Balaban J connectivity index is 1.06. The van der Waals surface area contributed by atoms with E-state index in [1.54, 1.807) is 16.4 Å². The number of amides is 2. The molecule has 3 heterocycles. The lowest BCUT2D eigenvalue weighted by Gasteiger charge is -2.35. The van der Waals surface area contributed by atoms with Crippen LogP contribution >= 0.6 is 11.5 Å².